The fraction of sp³-hybridized carbons (Fsp3) is 0.120. The van der Waals surface area contributed by atoms with Gasteiger partial charge < -0.3 is 14.8 Å². The van der Waals surface area contributed by atoms with E-state index < -0.39 is 0 Å². The number of ether oxygens (including phenoxy) is 2. The van der Waals surface area contributed by atoms with Crippen LogP contribution >= 0.6 is 0 Å². The van der Waals surface area contributed by atoms with Gasteiger partial charge in [0.15, 0.2) is 11.5 Å². The van der Waals surface area contributed by atoms with Crippen LogP contribution in [0, 0.1) is 0 Å². The molecule has 0 unspecified atom stereocenters. The van der Waals surface area contributed by atoms with Crippen molar-refractivity contribution in [3.05, 3.63) is 88.2 Å². The summed E-state index contributed by atoms with van der Waals surface area (Å²) in [5.74, 6) is 1.18. The summed E-state index contributed by atoms with van der Waals surface area (Å²) in [6, 6.07) is 19.2. The minimum Gasteiger partial charge on any atom is -0.493 e. The Morgan fingerprint density at radius 3 is 2.65 bits per heavy atom. The summed E-state index contributed by atoms with van der Waals surface area (Å²) in [6.07, 6.45) is 1.53. The van der Waals surface area contributed by atoms with Gasteiger partial charge in [-0.05, 0) is 67.1 Å². The van der Waals surface area contributed by atoms with E-state index in [9.17, 15) is 9.59 Å². The zero-order valence-electron chi connectivity index (χ0n) is 18.7. The standard InChI is InChI=1S/C25H23N5O4/c1-3-34-22-14-16(8-13-21(22)33-2)15-26-30-23(31)17-9-11-18(12-10-17)27-25-28-20-7-5-4-6-19(20)24(32)29-25/h4-15H,3H2,1-2H3,(H,30,31)(H2,27,28,29,32)/b26-15-. The van der Waals surface area contributed by atoms with E-state index in [1.54, 1.807) is 61.7 Å². The fourth-order valence-corrected chi connectivity index (χ4v) is 3.26. The lowest BCUT2D eigenvalue weighted by Crippen LogP contribution is -2.17. The molecule has 0 aliphatic heterocycles. The number of nitrogens with one attached hydrogen (secondary N) is 3. The quantitative estimate of drug-likeness (QED) is 0.273. The molecule has 0 bridgehead atoms. The predicted molar refractivity (Wildman–Crippen MR) is 131 cm³/mol. The molecule has 4 rings (SSSR count). The molecule has 0 aliphatic rings. The van der Waals surface area contributed by atoms with Crippen molar-refractivity contribution in [2.24, 2.45) is 5.10 Å². The highest BCUT2D eigenvalue weighted by Gasteiger charge is 2.07. The van der Waals surface area contributed by atoms with Crippen molar-refractivity contribution in [3.8, 4) is 11.5 Å². The molecule has 0 aliphatic carbocycles. The first kappa shape index (κ1) is 22.5. The van der Waals surface area contributed by atoms with Crippen LogP contribution in [0.25, 0.3) is 10.9 Å². The van der Waals surface area contributed by atoms with E-state index in [1.807, 2.05) is 19.1 Å². The number of nitrogens with zero attached hydrogens (tertiary/aromatic N) is 2. The summed E-state index contributed by atoms with van der Waals surface area (Å²) in [6.45, 7) is 2.39. The maximum absolute atomic E-state index is 12.4. The number of anilines is 2. The van der Waals surface area contributed by atoms with Gasteiger partial charge >= 0.3 is 0 Å². The van der Waals surface area contributed by atoms with Gasteiger partial charge in [0.25, 0.3) is 11.5 Å². The Morgan fingerprint density at radius 2 is 1.88 bits per heavy atom. The summed E-state index contributed by atoms with van der Waals surface area (Å²) < 4.78 is 10.8. The summed E-state index contributed by atoms with van der Waals surface area (Å²) >= 11 is 0. The Bertz CT molecular complexity index is 1400. The number of amides is 1. The molecular formula is C25H23N5O4. The number of fused-ring (bicyclic) bond motifs is 1. The van der Waals surface area contributed by atoms with Crippen molar-refractivity contribution >= 4 is 34.7 Å². The van der Waals surface area contributed by atoms with Crippen LogP contribution in [0.1, 0.15) is 22.8 Å². The second-order valence-corrected chi connectivity index (χ2v) is 7.18. The molecule has 1 aromatic heterocycles. The monoisotopic (exact) mass is 457 g/mol. The average Bonchev–Trinajstić information content (AvgIpc) is 2.85. The minimum atomic E-state index is -0.362. The van der Waals surface area contributed by atoms with Crippen LogP contribution in [-0.4, -0.2) is 35.8 Å². The smallest absolute Gasteiger partial charge is 0.271 e. The fourth-order valence-electron chi connectivity index (χ4n) is 3.26. The number of benzene rings is 3. The second kappa shape index (κ2) is 10.3. The molecule has 9 nitrogen and oxygen atoms in total. The van der Waals surface area contributed by atoms with E-state index in [4.69, 9.17) is 9.47 Å². The lowest BCUT2D eigenvalue weighted by Gasteiger charge is -2.09. The van der Waals surface area contributed by atoms with Gasteiger partial charge in [-0.3, -0.25) is 14.6 Å². The van der Waals surface area contributed by atoms with E-state index in [2.05, 4.69) is 25.8 Å². The third kappa shape index (κ3) is 5.21. The number of hydrogen-bond donors (Lipinski definition) is 3. The number of carbonyl (C=O) groups excluding carboxylic acids is 1. The van der Waals surface area contributed by atoms with Gasteiger partial charge in [-0.15, -0.1) is 0 Å². The molecule has 0 saturated carbocycles. The Balaban J connectivity index is 1.40. The van der Waals surface area contributed by atoms with Crippen LogP contribution in [0.15, 0.2) is 76.6 Å². The second-order valence-electron chi connectivity index (χ2n) is 7.18. The number of H-pyrrole nitrogens is 1. The minimum absolute atomic E-state index is 0.229. The molecule has 0 radical (unpaired) electrons. The molecule has 0 fully saturated rings. The molecule has 4 aromatic rings. The maximum Gasteiger partial charge on any atom is 0.271 e. The molecule has 172 valence electrons. The highest BCUT2D eigenvalue weighted by Crippen LogP contribution is 2.27. The van der Waals surface area contributed by atoms with Gasteiger partial charge in [0.2, 0.25) is 5.95 Å². The van der Waals surface area contributed by atoms with E-state index >= 15 is 0 Å². The maximum atomic E-state index is 12.4. The van der Waals surface area contributed by atoms with E-state index in [0.717, 1.165) is 5.56 Å². The SMILES string of the molecule is CCOc1cc(/C=N\NC(=O)c2ccc(Nc3nc4ccccc4c(=O)[nH]3)cc2)ccc1OC. The van der Waals surface area contributed by atoms with Crippen LogP contribution < -0.4 is 25.8 Å². The third-order valence-corrected chi connectivity index (χ3v) is 4.89. The number of carbonyl (C=O) groups is 1. The number of hydrogen-bond acceptors (Lipinski definition) is 7. The van der Waals surface area contributed by atoms with Gasteiger partial charge in [0.05, 0.1) is 30.8 Å². The lowest BCUT2D eigenvalue weighted by molar-refractivity contribution is 0.0955. The first-order valence-electron chi connectivity index (χ1n) is 10.6. The summed E-state index contributed by atoms with van der Waals surface area (Å²) in [4.78, 5) is 31.7. The zero-order chi connectivity index (χ0) is 23.9. The summed E-state index contributed by atoms with van der Waals surface area (Å²) in [7, 11) is 1.57. The summed E-state index contributed by atoms with van der Waals surface area (Å²) in [5.41, 5.74) is 4.70. The number of hydrazone groups is 1. The van der Waals surface area contributed by atoms with Crippen molar-refractivity contribution in [1.29, 1.82) is 0 Å². The van der Waals surface area contributed by atoms with Gasteiger partial charge in [0.1, 0.15) is 0 Å². The molecule has 1 amide bonds. The number of para-hydroxylation sites is 1. The first-order valence-corrected chi connectivity index (χ1v) is 10.6. The van der Waals surface area contributed by atoms with Crippen molar-refractivity contribution in [1.82, 2.24) is 15.4 Å². The molecule has 1 heterocycles. The largest absolute Gasteiger partial charge is 0.493 e. The number of rotatable bonds is 8. The Morgan fingerprint density at radius 1 is 1.09 bits per heavy atom. The number of aromatic amines is 1. The molecule has 9 heteroatoms. The molecule has 0 spiro atoms. The Hall–Kier alpha value is -4.66. The Kier molecular flexibility index (Phi) is 6.83. The highest BCUT2D eigenvalue weighted by atomic mass is 16.5. The van der Waals surface area contributed by atoms with Crippen LogP contribution in [0.5, 0.6) is 11.5 Å². The van der Waals surface area contributed by atoms with Gasteiger partial charge in [-0.2, -0.15) is 5.10 Å². The first-order chi connectivity index (χ1) is 16.6. The number of aromatic nitrogens is 2. The van der Waals surface area contributed by atoms with Crippen molar-refractivity contribution in [3.63, 3.8) is 0 Å². The average molecular weight is 457 g/mol. The normalized spacial score (nSPS) is 10.9. The van der Waals surface area contributed by atoms with Gasteiger partial charge in [-0.1, -0.05) is 12.1 Å². The molecule has 0 atom stereocenters. The zero-order valence-corrected chi connectivity index (χ0v) is 18.7. The Labute approximate surface area is 195 Å². The molecule has 0 saturated heterocycles. The predicted octanol–water partition coefficient (Wildman–Crippen LogP) is 3.84. The third-order valence-electron chi connectivity index (χ3n) is 4.89. The van der Waals surface area contributed by atoms with Gasteiger partial charge in [0, 0.05) is 11.3 Å². The van der Waals surface area contributed by atoms with Crippen molar-refractivity contribution in [2.75, 3.05) is 19.0 Å². The molecule has 3 aromatic carbocycles. The van der Waals surface area contributed by atoms with Crippen molar-refractivity contribution in [2.45, 2.75) is 6.92 Å². The van der Waals surface area contributed by atoms with E-state index in [1.165, 1.54) is 6.21 Å². The van der Waals surface area contributed by atoms with Crippen LogP contribution in [0.4, 0.5) is 11.6 Å². The van der Waals surface area contributed by atoms with E-state index in [0.29, 0.717) is 46.2 Å². The van der Waals surface area contributed by atoms with Crippen LogP contribution in [-0.2, 0) is 0 Å². The highest BCUT2D eigenvalue weighted by molar-refractivity contribution is 5.95. The summed E-state index contributed by atoms with van der Waals surface area (Å²) in [5, 5.41) is 7.58. The molecule has 34 heavy (non-hydrogen) atoms. The van der Waals surface area contributed by atoms with Crippen molar-refractivity contribution < 1.29 is 14.3 Å². The van der Waals surface area contributed by atoms with Crippen LogP contribution in [0.3, 0.4) is 0 Å². The van der Waals surface area contributed by atoms with Crippen LogP contribution in [0.2, 0.25) is 0 Å². The molecule has 3 N–H and O–H groups in total. The molecular weight excluding hydrogens is 434 g/mol. The van der Waals surface area contributed by atoms with Gasteiger partial charge in [-0.25, -0.2) is 10.4 Å². The van der Waals surface area contributed by atoms with E-state index in [-0.39, 0.29) is 11.5 Å². The number of methoxy groups -OCH3 is 1. The lowest BCUT2D eigenvalue weighted by atomic mass is 10.2. The topological polar surface area (TPSA) is 118 Å².